The number of nitrogens with zero attached hydrogens (tertiary/aromatic N) is 1. The van der Waals surface area contributed by atoms with Crippen LogP contribution in [0.25, 0.3) is 0 Å². The molecular formula is C18H25N3O2S. The Morgan fingerprint density at radius 2 is 1.92 bits per heavy atom. The third kappa shape index (κ3) is 5.32. The van der Waals surface area contributed by atoms with E-state index in [2.05, 4.69) is 41.8 Å². The van der Waals surface area contributed by atoms with Crippen molar-refractivity contribution in [2.24, 2.45) is 0 Å². The van der Waals surface area contributed by atoms with Gasteiger partial charge in [-0.25, -0.2) is 9.78 Å². The zero-order chi connectivity index (χ0) is 17.6. The first kappa shape index (κ1) is 18.4. The van der Waals surface area contributed by atoms with Crippen LogP contribution >= 0.6 is 11.3 Å². The molecule has 1 aromatic heterocycles. The minimum Gasteiger partial charge on any atom is -0.392 e. The fourth-order valence-electron chi connectivity index (χ4n) is 2.19. The molecule has 5 nitrogen and oxygen atoms in total. The molecule has 0 radical (unpaired) electrons. The number of benzene rings is 1. The van der Waals surface area contributed by atoms with Crippen molar-refractivity contribution in [3.8, 4) is 0 Å². The minimum atomic E-state index is -0.214. The molecule has 130 valence electrons. The monoisotopic (exact) mass is 347 g/mol. The molecule has 0 saturated heterocycles. The second-order valence-electron chi connectivity index (χ2n) is 6.68. The van der Waals surface area contributed by atoms with Gasteiger partial charge in [0.05, 0.1) is 17.3 Å². The first-order valence-electron chi connectivity index (χ1n) is 8.04. The van der Waals surface area contributed by atoms with Crippen molar-refractivity contribution in [3.05, 3.63) is 51.5 Å². The number of amides is 2. The quantitative estimate of drug-likeness (QED) is 0.752. The number of rotatable bonds is 6. The Hall–Kier alpha value is -1.92. The summed E-state index contributed by atoms with van der Waals surface area (Å²) in [6.07, 6.45) is 0.716. The Morgan fingerprint density at radius 1 is 1.21 bits per heavy atom. The van der Waals surface area contributed by atoms with Crippen LogP contribution in [0.3, 0.4) is 0 Å². The molecule has 0 unspecified atom stereocenters. The number of hydrogen-bond donors (Lipinski definition) is 3. The fraction of sp³-hybridized carbons (Fsp3) is 0.444. The Labute approximate surface area is 147 Å². The van der Waals surface area contributed by atoms with Crippen molar-refractivity contribution >= 4 is 17.4 Å². The first-order valence-corrected chi connectivity index (χ1v) is 8.92. The van der Waals surface area contributed by atoms with Gasteiger partial charge in [-0.2, -0.15) is 0 Å². The van der Waals surface area contributed by atoms with Crippen LogP contribution in [0.15, 0.2) is 29.6 Å². The van der Waals surface area contributed by atoms with E-state index < -0.39 is 0 Å². The van der Waals surface area contributed by atoms with Crippen LogP contribution in [0.1, 0.15) is 42.6 Å². The molecule has 0 spiro atoms. The Balaban J connectivity index is 1.74. The lowest BCUT2D eigenvalue weighted by molar-refractivity contribution is 0.240. The molecule has 2 aromatic rings. The van der Waals surface area contributed by atoms with Gasteiger partial charge in [0.25, 0.3) is 0 Å². The highest BCUT2D eigenvalue weighted by atomic mass is 32.1. The summed E-state index contributed by atoms with van der Waals surface area (Å²) in [5.74, 6) is 0. The van der Waals surface area contributed by atoms with Gasteiger partial charge in [-0.15, -0.1) is 11.3 Å². The molecule has 0 aliphatic rings. The summed E-state index contributed by atoms with van der Waals surface area (Å²) in [7, 11) is 0. The van der Waals surface area contributed by atoms with E-state index in [1.807, 2.05) is 24.3 Å². The lowest BCUT2D eigenvalue weighted by Crippen LogP contribution is -2.36. The van der Waals surface area contributed by atoms with Gasteiger partial charge in [0.2, 0.25) is 0 Å². The van der Waals surface area contributed by atoms with Gasteiger partial charge in [0, 0.05) is 30.3 Å². The second kappa shape index (κ2) is 8.26. The van der Waals surface area contributed by atoms with Crippen molar-refractivity contribution in [2.75, 3.05) is 6.54 Å². The van der Waals surface area contributed by atoms with Crippen molar-refractivity contribution < 1.29 is 9.90 Å². The molecular weight excluding hydrogens is 322 g/mol. The average Bonchev–Trinajstić information content (AvgIpc) is 3.02. The number of aromatic nitrogens is 1. The average molecular weight is 347 g/mol. The summed E-state index contributed by atoms with van der Waals surface area (Å²) in [6, 6.07) is 7.30. The number of nitrogens with one attached hydrogen (secondary N) is 2. The molecule has 0 bridgehead atoms. The number of thiazole rings is 1. The van der Waals surface area contributed by atoms with Crippen molar-refractivity contribution in [1.29, 1.82) is 0 Å². The highest BCUT2D eigenvalue weighted by molar-refractivity contribution is 7.09. The Morgan fingerprint density at radius 3 is 2.54 bits per heavy atom. The molecule has 2 rings (SSSR count). The lowest BCUT2D eigenvalue weighted by Gasteiger charge is -2.13. The van der Waals surface area contributed by atoms with Crippen LogP contribution in [0.2, 0.25) is 0 Å². The minimum absolute atomic E-state index is 0.0284. The predicted molar refractivity (Wildman–Crippen MR) is 97.1 cm³/mol. The van der Waals surface area contributed by atoms with E-state index in [-0.39, 0.29) is 18.1 Å². The largest absolute Gasteiger partial charge is 0.392 e. The molecule has 0 aliphatic carbocycles. The number of carbonyl (C=O) groups excluding carboxylic acids is 1. The molecule has 2 amide bonds. The van der Waals surface area contributed by atoms with Crippen molar-refractivity contribution in [1.82, 2.24) is 15.6 Å². The third-order valence-electron chi connectivity index (χ3n) is 3.59. The summed E-state index contributed by atoms with van der Waals surface area (Å²) in [5.41, 5.74) is 2.82. The van der Waals surface area contributed by atoms with Crippen molar-refractivity contribution in [3.63, 3.8) is 0 Å². The molecule has 0 atom stereocenters. The summed E-state index contributed by atoms with van der Waals surface area (Å²) < 4.78 is 0. The summed E-state index contributed by atoms with van der Waals surface area (Å²) in [6.45, 7) is 7.34. The van der Waals surface area contributed by atoms with E-state index in [0.717, 1.165) is 21.8 Å². The molecule has 0 saturated carbocycles. The number of hydrogen-bond acceptors (Lipinski definition) is 4. The van der Waals surface area contributed by atoms with Gasteiger partial charge in [0.15, 0.2) is 0 Å². The lowest BCUT2D eigenvalue weighted by atomic mass is 9.98. The number of urea groups is 1. The highest BCUT2D eigenvalue weighted by Gasteiger charge is 2.17. The zero-order valence-electron chi connectivity index (χ0n) is 14.4. The number of carbonyl (C=O) groups is 1. The van der Waals surface area contributed by atoms with Crippen LogP contribution in [0, 0.1) is 0 Å². The predicted octanol–water partition coefficient (Wildman–Crippen LogP) is 2.97. The van der Waals surface area contributed by atoms with Gasteiger partial charge in [0.1, 0.15) is 0 Å². The summed E-state index contributed by atoms with van der Waals surface area (Å²) in [4.78, 5) is 16.5. The fourth-order valence-corrected chi connectivity index (χ4v) is 3.13. The van der Waals surface area contributed by atoms with E-state index in [0.29, 0.717) is 19.5 Å². The topological polar surface area (TPSA) is 74.2 Å². The SMILES string of the molecule is CC(C)(C)c1nc(CCNC(=O)NCc2ccccc2CO)cs1. The molecule has 0 aliphatic heterocycles. The Kier molecular flexibility index (Phi) is 6.34. The maximum Gasteiger partial charge on any atom is 0.315 e. The highest BCUT2D eigenvalue weighted by Crippen LogP contribution is 2.25. The smallest absolute Gasteiger partial charge is 0.315 e. The second-order valence-corrected chi connectivity index (χ2v) is 7.54. The number of aliphatic hydroxyl groups is 1. The Bertz CT molecular complexity index is 677. The van der Waals surface area contributed by atoms with E-state index >= 15 is 0 Å². The van der Waals surface area contributed by atoms with Gasteiger partial charge in [-0.05, 0) is 11.1 Å². The van der Waals surface area contributed by atoms with Crippen LogP contribution < -0.4 is 10.6 Å². The maximum absolute atomic E-state index is 11.9. The van der Waals surface area contributed by atoms with Crippen LogP contribution in [0.4, 0.5) is 4.79 Å². The maximum atomic E-state index is 11.9. The molecule has 24 heavy (non-hydrogen) atoms. The van der Waals surface area contributed by atoms with Crippen LogP contribution in [-0.4, -0.2) is 22.7 Å². The standard InChI is InChI=1S/C18H25N3O2S/c1-18(2,3)16-21-15(12-24-16)8-9-19-17(23)20-10-13-6-4-5-7-14(13)11-22/h4-7,12,22H,8-11H2,1-3H3,(H2,19,20,23). The van der Waals surface area contributed by atoms with Gasteiger partial charge >= 0.3 is 6.03 Å². The van der Waals surface area contributed by atoms with Crippen LogP contribution in [0.5, 0.6) is 0 Å². The van der Waals surface area contributed by atoms with E-state index in [1.54, 1.807) is 11.3 Å². The zero-order valence-corrected chi connectivity index (χ0v) is 15.2. The van der Waals surface area contributed by atoms with Crippen molar-refractivity contribution in [2.45, 2.75) is 45.8 Å². The first-order chi connectivity index (χ1) is 11.4. The molecule has 0 fully saturated rings. The normalized spacial score (nSPS) is 11.3. The number of aliphatic hydroxyl groups excluding tert-OH is 1. The van der Waals surface area contributed by atoms with Gasteiger partial charge < -0.3 is 15.7 Å². The van der Waals surface area contributed by atoms with E-state index in [4.69, 9.17) is 0 Å². The van der Waals surface area contributed by atoms with Crippen LogP contribution in [-0.2, 0) is 25.0 Å². The molecule has 6 heteroatoms. The molecule has 3 N–H and O–H groups in total. The summed E-state index contributed by atoms with van der Waals surface area (Å²) >= 11 is 1.66. The van der Waals surface area contributed by atoms with E-state index in [1.165, 1.54) is 0 Å². The van der Waals surface area contributed by atoms with Gasteiger partial charge in [-0.1, -0.05) is 45.0 Å². The molecule has 1 heterocycles. The van der Waals surface area contributed by atoms with E-state index in [9.17, 15) is 9.90 Å². The molecule has 1 aromatic carbocycles. The van der Waals surface area contributed by atoms with Gasteiger partial charge in [-0.3, -0.25) is 0 Å². The third-order valence-corrected chi connectivity index (χ3v) is 4.91. The summed E-state index contributed by atoms with van der Waals surface area (Å²) in [5, 5.41) is 18.1.